The van der Waals surface area contributed by atoms with Crippen LogP contribution in [0.1, 0.15) is 31.9 Å². The number of amides is 2. The van der Waals surface area contributed by atoms with Crippen LogP contribution in [0, 0.1) is 0 Å². The van der Waals surface area contributed by atoms with Gasteiger partial charge in [-0.25, -0.2) is 0 Å². The van der Waals surface area contributed by atoms with Gasteiger partial charge in [-0.05, 0) is 30.8 Å². The van der Waals surface area contributed by atoms with E-state index in [1.807, 2.05) is 42.5 Å². The highest BCUT2D eigenvalue weighted by Gasteiger charge is 2.26. The van der Waals surface area contributed by atoms with Crippen LogP contribution in [0.4, 0.5) is 5.69 Å². The van der Waals surface area contributed by atoms with Crippen molar-refractivity contribution < 1.29 is 14.3 Å². The molecular formula is C23H29N3O3. The molecule has 1 atom stereocenters. The third-order valence-electron chi connectivity index (χ3n) is 5.26. The maximum absolute atomic E-state index is 12.7. The van der Waals surface area contributed by atoms with Crippen LogP contribution in [0.25, 0.3) is 0 Å². The minimum atomic E-state index is -0.178. The smallest absolute Gasteiger partial charge is 0.240 e. The van der Waals surface area contributed by atoms with Crippen LogP contribution in [0.3, 0.4) is 0 Å². The molecule has 0 bridgehead atoms. The van der Waals surface area contributed by atoms with E-state index in [1.165, 1.54) is 10.5 Å². The molecule has 1 aliphatic rings. The lowest BCUT2D eigenvalue weighted by Gasteiger charge is -2.30. The van der Waals surface area contributed by atoms with Crippen molar-refractivity contribution in [3.63, 3.8) is 0 Å². The van der Waals surface area contributed by atoms with E-state index in [1.54, 1.807) is 0 Å². The number of carbonyl (C=O) groups excluding carboxylic acids is 2. The van der Waals surface area contributed by atoms with Crippen LogP contribution in [0.15, 0.2) is 54.6 Å². The van der Waals surface area contributed by atoms with Crippen LogP contribution in [0.5, 0.6) is 5.75 Å². The van der Waals surface area contributed by atoms with Crippen LogP contribution in [0.2, 0.25) is 0 Å². The fraction of sp³-hybridized carbons (Fsp3) is 0.391. The topological polar surface area (TPSA) is 61.9 Å². The van der Waals surface area contributed by atoms with E-state index in [-0.39, 0.29) is 30.8 Å². The highest BCUT2D eigenvalue weighted by atomic mass is 16.5. The third kappa shape index (κ3) is 5.15. The van der Waals surface area contributed by atoms with Crippen molar-refractivity contribution in [2.45, 2.75) is 26.3 Å². The standard InChI is InChI=1S/C23H29N3O3/c1-3-25(4-2)20(18-10-6-5-7-11-18)16-24-22(27)17-26-19-12-8-9-13-21(19)29-15-14-23(26)28/h5-13,20H,3-4,14-17H2,1-2H3,(H,24,27)/t20-/m1/s1. The van der Waals surface area contributed by atoms with E-state index in [9.17, 15) is 9.59 Å². The zero-order valence-corrected chi connectivity index (χ0v) is 17.1. The molecule has 154 valence electrons. The minimum Gasteiger partial charge on any atom is -0.491 e. The molecule has 2 aromatic rings. The van der Waals surface area contributed by atoms with E-state index < -0.39 is 0 Å². The molecule has 1 aliphatic heterocycles. The maximum atomic E-state index is 12.7. The quantitative estimate of drug-likeness (QED) is 0.746. The summed E-state index contributed by atoms with van der Waals surface area (Å²) in [5.74, 6) is 0.355. The number of nitrogens with one attached hydrogen (secondary N) is 1. The summed E-state index contributed by atoms with van der Waals surface area (Å²) in [6, 6.07) is 17.6. The molecule has 1 N–H and O–H groups in total. The number of anilines is 1. The van der Waals surface area contributed by atoms with E-state index >= 15 is 0 Å². The molecule has 0 saturated heterocycles. The summed E-state index contributed by atoms with van der Waals surface area (Å²) in [4.78, 5) is 29.1. The van der Waals surface area contributed by atoms with Crippen LogP contribution >= 0.6 is 0 Å². The Balaban J connectivity index is 1.70. The van der Waals surface area contributed by atoms with Crippen molar-refractivity contribution in [2.24, 2.45) is 0 Å². The van der Waals surface area contributed by atoms with Gasteiger partial charge in [0, 0.05) is 6.54 Å². The number of hydrogen-bond donors (Lipinski definition) is 1. The molecule has 0 aromatic heterocycles. The highest BCUT2D eigenvalue weighted by molar-refractivity contribution is 6.00. The Hall–Kier alpha value is -2.86. The lowest BCUT2D eigenvalue weighted by molar-refractivity contribution is -0.124. The molecule has 2 amide bonds. The lowest BCUT2D eigenvalue weighted by Crippen LogP contribution is -2.44. The second-order valence-corrected chi connectivity index (χ2v) is 7.00. The monoisotopic (exact) mass is 395 g/mol. The van der Waals surface area contributed by atoms with Gasteiger partial charge in [-0.15, -0.1) is 0 Å². The molecule has 0 aliphatic carbocycles. The molecule has 6 nitrogen and oxygen atoms in total. The van der Waals surface area contributed by atoms with Gasteiger partial charge in [0.05, 0.1) is 24.8 Å². The molecule has 0 saturated carbocycles. The normalized spacial score (nSPS) is 14.7. The predicted octanol–water partition coefficient (Wildman–Crippen LogP) is 3.00. The van der Waals surface area contributed by atoms with Crippen LogP contribution in [-0.2, 0) is 9.59 Å². The second kappa shape index (κ2) is 10.1. The Labute approximate surface area is 172 Å². The molecule has 0 unspecified atom stereocenters. The van der Waals surface area contributed by atoms with Crippen molar-refractivity contribution in [1.82, 2.24) is 10.2 Å². The van der Waals surface area contributed by atoms with Crippen molar-refractivity contribution in [2.75, 3.05) is 37.7 Å². The Morgan fingerprint density at radius 3 is 2.52 bits per heavy atom. The van der Waals surface area contributed by atoms with E-state index in [0.29, 0.717) is 24.6 Å². The molecule has 29 heavy (non-hydrogen) atoms. The summed E-state index contributed by atoms with van der Waals surface area (Å²) < 4.78 is 5.65. The first-order valence-corrected chi connectivity index (χ1v) is 10.2. The number of carbonyl (C=O) groups is 2. The van der Waals surface area contributed by atoms with Crippen molar-refractivity contribution in [3.8, 4) is 5.75 Å². The third-order valence-corrected chi connectivity index (χ3v) is 5.26. The summed E-state index contributed by atoms with van der Waals surface area (Å²) in [7, 11) is 0. The first-order chi connectivity index (χ1) is 14.1. The number of ether oxygens (including phenoxy) is 1. The summed E-state index contributed by atoms with van der Waals surface area (Å²) in [6.45, 7) is 6.82. The first kappa shape index (κ1) is 20.9. The second-order valence-electron chi connectivity index (χ2n) is 7.00. The van der Waals surface area contributed by atoms with Crippen molar-refractivity contribution in [1.29, 1.82) is 0 Å². The Morgan fingerprint density at radius 1 is 1.10 bits per heavy atom. The van der Waals surface area contributed by atoms with Crippen LogP contribution < -0.4 is 15.0 Å². The average Bonchev–Trinajstić information content (AvgIpc) is 2.90. The van der Waals surface area contributed by atoms with Gasteiger partial charge >= 0.3 is 0 Å². The number of benzene rings is 2. The Morgan fingerprint density at radius 2 is 1.79 bits per heavy atom. The summed E-state index contributed by atoms with van der Waals surface area (Å²) in [5, 5.41) is 3.03. The molecule has 3 rings (SSSR count). The van der Waals surface area contributed by atoms with E-state index in [2.05, 4.69) is 36.2 Å². The zero-order valence-electron chi connectivity index (χ0n) is 17.1. The number of rotatable bonds is 8. The van der Waals surface area contributed by atoms with Gasteiger partial charge in [0.2, 0.25) is 11.8 Å². The summed E-state index contributed by atoms with van der Waals surface area (Å²) in [6.07, 6.45) is 0.258. The molecule has 1 heterocycles. The van der Waals surface area contributed by atoms with Crippen LogP contribution in [-0.4, -0.2) is 49.5 Å². The number of para-hydroxylation sites is 2. The fourth-order valence-corrected chi connectivity index (χ4v) is 3.70. The van der Waals surface area contributed by atoms with Gasteiger partial charge in [0.15, 0.2) is 0 Å². The van der Waals surface area contributed by atoms with Crippen molar-refractivity contribution >= 4 is 17.5 Å². The SMILES string of the molecule is CCN(CC)[C@H](CNC(=O)CN1C(=O)CCOc2ccccc21)c1ccccc1. The molecule has 0 spiro atoms. The van der Waals surface area contributed by atoms with Gasteiger partial charge in [0.25, 0.3) is 0 Å². The van der Waals surface area contributed by atoms with Crippen molar-refractivity contribution in [3.05, 3.63) is 60.2 Å². The van der Waals surface area contributed by atoms with E-state index in [0.717, 1.165) is 13.1 Å². The summed E-state index contributed by atoms with van der Waals surface area (Å²) >= 11 is 0. The number of hydrogen-bond acceptors (Lipinski definition) is 4. The fourth-order valence-electron chi connectivity index (χ4n) is 3.70. The van der Waals surface area contributed by atoms with E-state index in [4.69, 9.17) is 4.74 Å². The molecular weight excluding hydrogens is 366 g/mol. The average molecular weight is 396 g/mol. The van der Waals surface area contributed by atoms with Gasteiger partial charge in [-0.1, -0.05) is 56.3 Å². The van der Waals surface area contributed by atoms with Gasteiger partial charge in [0.1, 0.15) is 12.3 Å². The highest BCUT2D eigenvalue weighted by Crippen LogP contribution is 2.30. The van der Waals surface area contributed by atoms with Gasteiger partial charge in [-0.3, -0.25) is 19.4 Å². The number of likely N-dealkylation sites (N-methyl/N-ethyl adjacent to an activating group) is 1. The first-order valence-electron chi connectivity index (χ1n) is 10.2. The Bertz CT molecular complexity index is 821. The predicted molar refractivity (Wildman–Crippen MR) is 114 cm³/mol. The Kier molecular flexibility index (Phi) is 7.25. The van der Waals surface area contributed by atoms with Gasteiger partial charge < -0.3 is 10.1 Å². The molecule has 2 aromatic carbocycles. The lowest BCUT2D eigenvalue weighted by atomic mass is 10.1. The summed E-state index contributed by atoms with van der Waals surface area (Å²) in [5.41, 5.74) is 1.81. The molecule has 0 radical (unpaired) electrons. The molecule has 6 heteroatoms. The zero-order chi connectivity index (χ0) is 20.6. The van der Waals surface area contributed by atoms with Gasteiger partial charge in [-0.2, -0.15) is 0 Å². The number of nitrogens with zero attached hydrogens (tertiary/aromatic N) is 2. The number of fused-ring (bicyclic) bond motifs is 1. The minimum absolute atomic E-state index is 0.0149. The largest absolute Gasteiger partial charge is 0.491 e. The maximum Gasteiger partial charge on any atom is 0.240 e. The molecule has 0 fully saturated rings.